The quantitative estimate of drug-likeness (QED) is 0.624. The molecule has 2 rings (SSSR count). The van der Waals surface area contributed by atoms with Crippen molar-refractivity contribution >= 4 is 12.0 Å². The molecular weight excluding hydrogens is 276 g/mol. The Labute approximate surface area is 132 Å². The summed E-state index contributed by atoms with van der Waals surface area (Å²) in [6, 6.07) is 6.00. The third-order valence-electron chi connectivity index (χ3n) is 3.56. The van der Waals surface area contributed by atoms with Gasteiger partial charge in [-0.2, -0.15) is 5.10 Å². The first-order chi connectivity index (χ1) is 10.4. The van der Waals surface area contributed by atoms with Crippen LogP contribution in [0, 0.1) is 20.8 Å². The number of rotatable bonds is 5. The molecule has 0 radical (unpaired) electrons. The van der Waals surface area contributed by atoms with E-state index in [0.29, 0.717) is 0 Å². The summed E-state index contributed by atoms with van der Waals surface area (Å²) in [6.07, 6.45) is 1.85. The van der Waals surface area contributed by atoms with Crippen LogP contribution >= 0.6 is 0 Å². The van der Waals surface area contributed by atoms with Crippen molar-refractivity contribution in [3.8, 4) is 11.6 Å². The Bertz CT molecular complexity index is 688. The van der Waals surface area contributed by atoms with Crippen molar-refractivity contribution in [2.45, 2.75) is 27.7 Å². The average molecular weight is 300 g/mol. The lowest BCUT2D eigenvalue weighted by molar-refractivity contribution is 0.427. The average Bonchev–Trinajstić information content (AvgIpc) is 2.78. The van der Waals surface area contributed by atoms with Gasteiger partial charge in [-0.1, -0.05) is 0 Å². The summed E-state index contributed by atoms with van der Waals surface area (Å²) in [5.74, 6) is 1.57. The SMILES string of the molecule is CCN(C)/C=N/c1cc(C)c(Oc2cc(C)nn2C)cc1C. The lowest BCUT2D eigenvalue weighted by Crippen LogP contribution is -2.14. The zero-order chi connectivity index (χ0) is 16.3. The van der Waals surface area contributed by atoms with E-state index in [2.05, 4.69) is 17.0 Å². The van der Waals surface area contributed by atoms with Gasteiger partial charge in [0.1, 0.15) is 5.75 Å². The van der Waals surface area contributed by atoms with Gasteiger partial charge in [0.25, 0.3) is 0 Å². The van der Waals surface area contributed by atoms with Gasteiger partial charge in [0, 0.05) is 26.7 Å². The second kappa shape index (κ2) is 6.64. The Balaban J connectivity index is 2.26. The second-order valence-corrected chi connectivity index (χ2v) is 5.57. The Hall–Kier alpha value is -2.30. The lowest BCUT2D eigenvalue weighted by Gasteiger charge is -2.12. The number of benzene rings is 1. The predicted molar refractivity (Wildman–Crippen MR) is 90.4 cm³/mol. The summed E-state index contributed by atoms with van der Waals surface area (Å²) in [5.41, 5.74) is 4.04. The van der Waals surface area contributed by atoms with Crippen LogP contribution in [0.15, 0.2) is 23.2 Å². The monoisotopic (exact) mass is 300 g/mol. The van der Waals surface area contributed by atoms with Crippen molar-refractivity contribution < 1.29 is 4.74 Å². The molecule has 1 aromatic heterocycles. The lowest BCUT2D eigenvalue weighted by atomic mass is 10.1. The van der Waals surface area contributed by atoms with Crippen LogP contribution in [0.3, 0.4) is 0 Å². The van der Waals surface area contributed by atoms with E-state index in [0.717, 1.165) is 40.7 Å². The molecule has 0 bridgehead atoms. The van der Waals surface area contributed by atoms with Gasteiger partial charge in [-0.05, 0) is 51.0 Å². The van der Waals surface area contributed by atoms with E-state index in [4.69, 9.17) is 4.74 Å². The van der Waals surface area contributed by atoms with E-state index in [-0.39, 0.29) is 0 Å². The largest absolute Gasteiger partial charge is 0.439 e. The summed E-state index contributed by atoms with van der Waals surface area (Å²) < 4.78 is 7.72. The molecule has 22 heavy (non-hydrogen) atoms. The fraction of sp³-hybridized carbons (Fsp3) is 0.412. The number of aliphatic imine (C=N–C) groups is 1. The maximum Gasteiger partial charge on any atom is 0.217 e. The number of hydrogen-bond acceptors (Lipinski definition) is 3. The van der Waals surface area contributed by atoms with Crippen molar-refractivity contribution in [1.29, 1.82) is 0 Å². The summed E-state index contributed by atoms with van der Waals surface area (Å²) in [6.45, 7) is 9.05. The third-order valence-corrected chi connectivity index (χ3v) is 3.56. The Morgan fingerprint density at radius 1 is 1.23 bits per heavy atom. The van der Waals surface area contributed by atoms with Crippen molar-refractivity contribution in [2.75, 3.05) is 13.6 Å². The number of hydrogen-bond donors (Lipinski definition) is 0. The maximum absolute atomic E-state index is 5.98. The van der Waals surface area contributed by atoms with Crippen LogP contribution in [0.4, 0.5) is 5.69 Å². The fourth-order valence-electron chi connectivity index (χ4n) is 2.06. The Kier molecular flexibility index (Phi) is 4.85. The summed E-state index contributed by atoms with van der Waals surface area (Å²) in [5, 5.41) is 4.30. The normalized spacial score (nSPS) is 11.2. The highest BCUT2D eigenvalue weighted by atomic mass is 16.5. The van der Waals surface area contributed by atoms with Crippen LogP contribution in [-0.4, -0.2) is 34.6 Å². The van der Waals surface area contributed by atoms with Crippen molar-refractivity contribution in [2.24, 2.45) is 12.0 Å². The van der Waals surface area contributed by atoms with E-state index in [1.54, 1.807) is 4.68 Å². The van der Waals surface area contributed by atoms with E-state index < -0.39 is 0 Å². The van der Waals surface area contributed by atoms with E-state index in [1.165, 1.54) is 0 Å². The van der Waals surface area contributed by atoms with Crippen LogP contribution in [0.1, 0.15) is 23.7 Å². The Morgan fingerprint density at radius 3 is 2.55 bits per heavy atom. The highest BCUT2D eigenvalue weighted by Crippen LogP contribution is 2.31. The molecule has 0 saturated carbocycles. The van der Waals surface area contributed by atoms with E-state index in [9.17, 15) is 0 Å². The molecule has 5 nitrogen and oxygen atoms in total. The molecule has 0 unspecified atom stereocenters. The van der Waals surface area contributed by atoms with Gasteiger partial charge in [0.15, 0.2) is 0 Å². The topological polar surface area (TPSA) is 42.6 Å². The van der Waals surface area contributed by atoms with Gasteiger partial charge in [-0.15, -0.1) is 0 Å². The van der Waals surface area contributed by atoms with Crippen LogP contribution in [0.5, 0.6) is 11.6 Å². The summed E-state index contributed by atoms with van der Waals surface area (Å²) in [4.78, 5) is 6.57. The minimum atomic E-state index is 0.738. The van der Waals surface area contributed by atoms with Crippen molar-refractivity contribution in [3.05, 3.63) is 35.0 Å². The number of nitrogens with zero attached hydrogens (tertiary/aromatic N) is 4. The maximum atomic E-state index is 5.98. The molecule has 0 amide bonds. The first kappa shape index (κ1) is 16.1. The molecule has 1 heterocycles. The van der Waals surface area contributed by atoms with Crippen LogP contribution in [0.25, 0.3) is 0 Å². The zero-order valence-electron chi connectivity index (χ0n) is 14.2. The van der Waals surface area contributed by atoms with Crippen molar-refractivity contribution in [3.63, 3.8) is 0 Å². The molecule has 0 fully saturated rings. The molecule has 118 valence electrons. The van der Waals surface area contributed by atoms with Crippen molar-refractivity contribution in [1.82, 2.24) is 14.7 Å². The van der Waals surface area contributed by atoms with Gasteiger partial charge < -0.3 is 9.64 Å². The minimum Gasteiger partial charge on any atom is -0.439 e. The van der Waals surface area contributed by atoms with Gasteiger partial charge in [-0.3, -0.25) is 0 Å². The summed E-state index contributed by atoms with van der Waals surface area (Å²) >= 11 is 0. The minimum absolute atomic E-state index is 0.738. The molecule has 2 aromatic rings. The molecule has 5 heteroatoms. The first-order valence-corrected chi connectivity index (χ1v) is 7.45. The van der Waals surface area contributed by atoms with Crippen LogP contribution in [-0.2, 0) is 7.05 Å². The molecule has 0 aliphatic carbocycles. The van der Waals surface area contributed by atoms with Gasteiger partial charge in [0.2, 0.25) is 5.88 Å². The molecule has 0 spiro atoms. The molecule has 0 N–H and O–H groups in total. The molecular formula is C17H24N4O. The first-order valence-electron chi connectivity index (χ1n) is 7.45. The van der Waals surface area contributed by atoms with Crippen LogP contribution in [0.2, 0.25) is 0 Å². The number of aromatic nitrogens is 2. The molecule has 0 aliphatic rings. The zero-order valence-corrected chi connectivity index (χ0v) is 14.2. The molecule has 0 saturated heterocycles. The van der Waals surface area contributed by atoms with Gasteiger partial charge in [0.05, 0.1) is 17.7 Å². The standard InChI is InChI=1S/C17H24N4O/c1-7-20(5)11-18-15-8-13(3)16(9-12(15)2)22-17-10-14(4)19-21(17)6/h8-11H,7H2,1-6H3/b18-11+. The third kappa shape index (κ3) is 3.67. The van der Waals surface area contributed by atoms with Gasteiger partial charge in [-0.25, -0.2) is 9.67 Å². The number of aryl methyl sites for hydroxylation is 4. The fourth-order valence-corrected chi connectivity index (χ4v) is 2.06. The smallest absolute Gasteiger partial charge is 0.217 e. The highest BCUT2D eigenvalue weighted by molar-refractivity contribution is 5.64. The number of ether oxygens (including phenoxy) is 1. The summed E-state index contributed by atoms with van der Waals surface area (Å²) in [7, 11) is 3.89. The molecule has 0 aliphatic heterocycles. The van der Waals surface area contributed by atoms with Gasteiger partial charge >= 0.3 is 0 Å². The van der Waals surface area contributed by atoms with Crippen LogP contribution < -0.4 is 4.74 Å². The second-order valence-electron chi connectivity index (χ2n) is 5.57. The Morgan fingerprint density at radius 2 is 1.95 bits per heavy atom. The predicted octanol–water partition coefficient (Wildman–Crippen LogP) is 3.75. The van der Waals surface area contributed by atoms with E-state index >= 15 is 0 Å². The molecule has 0 atom stereocenters. The highest BCUT2D eigenvalue weighted by Gasteiger charge is 2.09. The van der Waals surface area contributed by atoms with E-state index in [1.807, 2.05) is 64.3 Å². The molecule has 1 aromatic carbocycles.